The number of carbonyl (C=O) groups is 1. The molecule has 0 saturated heterocycles. The first kappa shape index (κ1) is 17.0. The summed E-state index contributed by atoms with van der Waals surface area (Å²) >= 11 is 0. The number of aromatic nitrogens is 2. The molecule has 0 aliphatic rings. The summed E-state index contributed by atoms with van der Waals surface area (Å²) in [5, 5.41) is 19.0. The van der Waals surface area contributed by atoms with Gasteiger partial charge in [-0.15, -0.1) is 0 Å². The molecule has 2 aromatic rings. The lowest BCUT2D eigenvalue weighted by Crippen LogP contribution is -2.32. The lowest BCUT2D eigenvalue weighted by molar-refractivity contribution is 0.248. The molecule has 1 aromatic carbocycles. The van der Waals surface area contributed by atoms with Crippen LogP contribution in [0.4, 0.5) is 10.5 Å². The number of rotatable bonds is 7. The molecule has 0 radical (unpaired) electrons. The first-order valence-corrected chi connectivity index (χ1v) is 7.85. The third kappa shape index (κ3) is 5.10. The van der Waals surface area contributed by atoms with Crippen molar-refractivity contribution in [3.8, 4) is 0 Å². The molecule has 0 bridgehead atoms. The third-order valence-corrected chi connectivity index (χ3v) is 3.65. The topological polar surface area (TPSA) is 79.2 Å². The molecule has 2 rings (SSSR count). The molecule has 0 spiro atoms. The lowest BCUT2D eigenvalue weighted by Gasteiger charge is -2.17. The number of amides is 2. The summed E-state index contributed by atoms with van der Waals surface area (Å²) in [5.41, 5.74) is 1.77. The zero-order valence-electron chi connectivity index (χ0n) is 13.6. The highest BCUT2D eigenvalue weighted by atomic mass is 16.3. The number of aliphatic hydroxyl groups excluding tert-OH is 1. The minimum absolute atomic E-state index is 0.0873. The second kappa shape index (κ2) is 8.33. The molecule has 0 saturated carbocycles. The van der Waals surface area contributed by atoms with E-state index in [1.807, 2.05) is 44.2 Å². The Bertz CT molecular complexity index is 610. The van der Waals surface area contributed by atoms with Gasteiger partial charge in [-0.05, 0) is 25.8 Å². The molecule has 1 heterocycles. The number of aliphatic hydroxyl groups is 1. The fourth-order valence-electron chi connectivity index (χ4n) is 2.34. The Kier molecular flexibility index (Phi) is 6.17. The molecule has 1 atom stereocenters. The van der Waals surface area contributed by atoms with E-state index < -0.39 is 0 Å². The second-order valence-corrected chi connectivity index (χ2v) is 5.76. The molecular formula is C17H24N4O2. The van der Waals surface area contributed by atoms with Crippen molar-refractivity contribution < 1.29 is 9.90 Å². The highest BCUT2D eigenvalue weighted by Gasteiger charge is 2.13. The molecule has 6 nitrogen and oxygen atoms in total. The van der Waals surface area contributed by atoms with Crippen molar-refractivity contribution >= 4 is 11.7 Å². The highest BCUT2D eigenvalue weighted by molar-refractivity contribution is 5.88. The van der Waals surface area contributed by atoms with Crippen LogP contribution in [-0.2, 0) is 0 Å². The van der Waals surface area contributed by atoms with Gasteiger partial charge in [-0.3, -0.25) is 4.68 Å². The van der Waals surface area contributed by atoms with Gasteiger partial charge in [-0.2, -0.15) is 5.10 Å². The third-order valence-electron chi connectivity index (χ3n) is 3.65. The number of urea groups is 1. The zero-order valence-corrected chi connectivity index (χ0v) is 13.6. The number of nitrogens with zero attached hydrogens (tertiary/aromatic N) is 2. The fraction of sp³-hybridized carbons (Fsp3) is 0.412. The Morgan fingerprint density at radius 2 is 2.04 bits per heavy atom. The smallest absolute Gasteiger partial charge is 0.319 e. The average Bonchev–Trinajstić information content (AvgIpc) is 3.01. The Hall–Kier alpha value is -2.34. The van der Waals surface area contributed by atoms with E-state index in [-0.39, 0.29) is 24.6 Å². The molecule has 6 heteroatoms. The molecule has 0 aliphatic carbocycles. The van der Waals surface area contributed by atoms with Crippen molar-refractivity contribution in [1.29, 1.82) is 0 Å². The number of benzene rings is 1. The van der Waals surface area contributed by atoms with Gasteiger partial charge in [0.1, 0.15) is 0 Å². The molecular weight excluding hydrogens is 292 g/mol. The van der Waals surface area contributed by atoms with Crippen LogP contribution in [0.15, 0.2) is 42.7 Å². The maximum absolute atomic E-state index is 12.0. The second-order valence-electron chi connectivity index (χ2n) is 5.76. The summed E-state index contributed by atoms with van der Waals surface area (Å²) < 4.78 is 1.79. The number of nitrogens with one attached hydrogen (secondary N) is 2. The molecule has 1 unspecified atom stereocenters. The maximum Gasteiger partial charge on any atom is 0.319 e. The van der Waals surface area contributed by atoms with Crippen LogP contribution < -0.4 is 10.6 Å². The van der Waals surface area contributed by atoms with Gasteiger partial charge in [0, 0.05) is 31.3 Å². The quantitative estimate of drug-likeness (QED) is 0.735. The van der Waals surface area contributed by atoms with Crippen LogP contribution in [0.25, 0.3) is 0 Å². The summed E-state index contributed by atoms with van der Waals surface area (Å²) in [5.74, 6) is 0.0883. The van der Waals surface area contributed by atoms with Gasteiger partial charge in [0.2, 0.25) is 0 Å². The van der Waals surface area contributed by atoms with Crippen LogP contribution in [-0.4, -0.2) is 34.1 Å². The van der Waals surface area contributed by atoms with Gasteiger partial charge in [0.15, 0.2) is 0 Å². The van der Waals surface area contributed by atoms with Gasteiger partial charge >= 0.3 is 6.03 Å². The first-order valence-electron chi connectivity index (χ1n) is 7.85. The number of hydrogen-bond donors (Lipinski definition) is 3. The van der Waals surface area contributed by atoms with Crippen LogP contribution in [0, 0.1) is 0 Å². The molecule has 2 amide bonds. The van der Waals surface area contributed by atoms with E-state index in [4.69, 9.17) is 0 Å². The van der Waals surface area contributed by atoms with Crippen LogP contribution in [0.5, 0.6) is 0 Å². The van der Waals surface area contributed by atoms with Crippen LogP contribution in [0.3, 0.4) is 0 Å². The Morgan fingerprint density at radius 3 is 2.65 bits per heavy atom. The van der Waals surface area contributed by atoms with Crippen molar-refractivity contribution in [3.05, 3.63) is 48.3 Å². The van der Waals surface area contributed by atoms with Gasteiger partial charge in [-0.1, -0.05) is 30.3 Å². The average molecular weight is 316 g/mol. The molecule has 1 aromatic heterocycles. The first-order chi connectivity index (χ1) is 11.1. The number of anilines is 1. The predicted molar refractivity (Wildman–Crippen MR) is 90.5 cm³/mol. The largest absolute Gasteiger partial charge is 0.396 e. The monoisotopic (exact) mass is 316 g/mol. The fourth-order valence-corrected chi connectivity index (χ4v) is 2.34. The number of carbonyl (C=O) groups excluding carboxylic acids is 1. The predicted octanol–water partition coefficient (Wildman–Crippen LogP) is 2.75. The summed E-state index contributed by atoms with van der Waals surface area (Å²) in [6.45, 7) is 4.60. The van der Waals surface area contributed by atoms with E-state index in [1.54, 1.807) is 17.1 Å². The van der Waals surface area contributed by atoms with E-state index >= 15 is 0 Å². The summed E-state index contributed by atoms with van der Waals surface area (Å²) in [7, 11) is 0. The van der Waals surface area contributed by atoms with Crippen LogP contribution in [0.2, 0.25) is 0 Å². The minimum Gasteiger partial charge on any atom is -0.396 e. The van der Waals surface area contributed by atoms with Crippen molar-refractivity contribution in [1.82, 2.24) is 15.1 Å². The Morgan fingerprint density at radius 1 is 1.30 bits per heavy atom. The van der Waals surface area contributed by atoms with Crippen molar-refractivity contribution in [2.24, 2.45) is 0 Å². The van der Waals surface area contributed by atoms with Crippen LogP contribution in [0.1, 0.15) is 37.8 Å². The summed E-state index contributed by atoms with van der Waals surface area (Å²) in [6.07, 6.45) is 4.03. The van der Waals surface area contributed by atoms with Gasteiger partial charge in [-0.25, -0.2) is 4.79 Å². The lowest BCUT2D eigenvalue weighted by atomic mass is 9.96. The van der Waals surface area contributed by atoms with Crippen molar-refractivity contribution in [2.45, 2.75) is 32.2 Å². The molecule has 124 valence electrons. The van der Waals surface area contributed by atoms with E-state index in [0.29, 0.717) is 18.7 Å². The molecule has 0 aliphatic heterocycles. The summed E-state index contributed by atoms with van der Waals surface area (Å²) in [4.78, 5) is 12.0. The minimum atomic E-state index is -0.271. The van der Waals surface area contributed by atoms with E-state index in [1.165, 1.54) is 0 Å². The SMILES string of the molecule is CC(C)n1cc(NC(=O)NCC(CCO)c2ccccc2)cn1. The van der Waals surface area contributed by atoms with E-state index in [9.17, 15) is 9.90 Å². The van der Waals surface area contributed by atoms with Gasteiger partial charge < -0.3 is 15.7 Å². The highest BCUT2D eigenvalue weighted by Crippen LogP contribution is 2.18. The zero-order chi connectivity index (χ0) is 16.7. The molecule has 23 heavy (non-hydrogen) atoms. The van der Waals surface area contributed by atoms with Crippen LogP contribution >= 0.6 is 0 Å². The maximum atomic E-state index is 12.0. The standard InChI is InChI=1S/C17H24N4O2/c1-13(2)21-12-16(11-19-21)20-17(23)18-10-15(8-9-22)14-6-4-3-5-7-14/h3-7,11-13,15,22H,8-10H2,1-2H3,(H2,18,20,23). The normalized spacial score (nSPS) is 12.2. The molecule has 0 fully saturated rings. The Labute approximate surface area is 136 Å². The van der Waals surface area contributed by atoms with Gasteiger partial charge in [0.25, 0.3) is 0 Å². The number of hydrogen-bond acceptors (Lipinski definition) is 3. The Balaban J connectivity index is 1.88. The molecule has 3 N–H and O–H groups in total. The van der Waals surface area contributed by atoms with Gasteiger partial charge in [0.05, 0.1) is 11.9 Å². The van der Waals surface area contributed by atoms with E-state index in [2.05, 4.69) is 15.7 Å². The van der Waals surface area contributed by atoms with Crippen molar-refractivity contribution in [2.75, 3.05) is 18.5 Å². The van der Waals surface area contributed by atoms with Crippen molar-refractivity contribution in [3.63, 3.8) is 0 Å². The summed E-state index contributed by atoms with van der Waals surface area (Å²) in [6, 6.07) is 9.86. The van der Waals surface area contributed by atoms with E-state index in [0.717, 1.165) is 5.56 Å².